The Labute approximate surface area is 159 Å². The van der Waals surface area contributed by atoms with Crippen LogP contribution in [0, 0.1) is 0 Å². The second-order valence-corrected chi connectivity index (χ2v) is 6.72. The first-order valence-corrected chi connectivity index (χ1v) is 9.26. The van der Waals surface area contributed by atoms with E-state index in [2.05, 4.69) is 0 Å². The van der Waals surface area contributed by atoms with Gasteiger partial charge in [-0.05, 0) is 16.7 Å². The Bertz CT molecular complexity index is 844. The van der Waals surface area contributed by atoms with Gasteiger partial charge in [0, 0.05) is 12.0 Å². The van der Waals surface area contributed by atoms with Crippen molar-refractivity contribution < 1.29 is 14.3 Å². The van der Waals surface area contributed by atoms with Crippen molar-refractivity contribution in [1.29, 1.82) is 0 Å². The number of ketones is 1. The summed E-state index contributed by atoms with van der Waals surface area (Å²) in [5.41, 5.74) is 3.99. The standard InChI is InChI=1S/C24H22O3/c25-22(17-18-8-7-13-21(16-18)24-26-14-15-27-24)23(19-9-3-1-4-10-19)20-11-5-2-6-12-20/h1-13,16,23-24H,14-15,17H2. The molecule has 0 bridgehead atoms. The van der Waals surface area contributed by atoms with Crippen LogP contribution in [0.5, 0.6) is 0 Å². The zero-order valence-electron chi connectivity index (χ0n) is 15.1. The minimum absolute atomic E-state index is 0.179. The predicted molar refractivity (Wildman–Crippen MR) is 105 cm³/mol. The van der Waals surface area contributed by atoms with E-state index >= 15 is 0 Å². The maximum Gasteiger partial charge on any atom is 0.184 e. The van der Waals surface area contributed by atoms with Gasteiger partial charge in [-0.25, -0.2) is 0 Å². The third kappa shape index (κ3) is 4.16. The molecule has 1 aliphatic rings. The highest BCUT2D eigenvalue weighted by Crippen LogP contribution is 2.28. The molecule has 27 heavy (non-hydrogen) atoms. The van der Waals surface area contributed by atoms with Crippen molar-refractivity contribution in [3.63, 3.8) is 0 Å². The van der Waals surface area contributed by atoms with Gasteiger partial charge in [0.1, 0.15) is 5.78 Å². The van der Waals surface area contributed by atoms with E-state index < -0.39 is 0 Å². The van der Waals surface area contributed by atoms with Crippen molar-refractivity contribution >= 4 is 5.78 Å². The number of hydrogen-bond acceptors (Lipinski definition) is 3. The molecule has 0 atom stereocenters. The van der Waals surface area contributed by atoms with Crippen molar-refractivity contribution in [2.75, 3.05) is 13.2 Å². The fourth-order valence-corrected chi connectivity index (χ4v) is 3.56. The summed E-state index contributed by atoms with van der Waals surface area (Å²) in [5.74, 6) is -0.0900. The first-order chi connectivity index (χ1) is 13.3. The number of ether oxygens (including phenoxy) is 2. The van der Waals surface area contributed by atoms with Gasteiger partial charge in [0.25, 0.3) is 0 Å². The van der Waals surface area contributed by atoms with Gasteiger partial charge in [0.05, 0.1) is 19.1 Å². The van der Waals surface area contributed by atoms with E-state index in [1.807, 2.05) is 84.9 Å². The normalized spacial score (nSPS) is 14.6. The van der Waals surface area contributed by atoms with Crippen LogP contribution < -0.4 is 0 Å². The van der Waals surface area contributed by atoms with E-state index in [4.69, 9.17) is 9.47 Å². The second-order valence-electron chi connectivity index (χ2n) is 6.72. The summed E-state index contributed by atoms with van der Waals surface area (Å²) in [6, 6.07) is 27.9. The molecule has 0 spiro atoms. The van der Waals surface area contributed by atoms with Crippen LogP contribution in [-0.2, 0) is 20.7 Å². The van der Waals surface area contributed by atoms with Crippen LogP contribution in [-0.4, -0.2) is 19.0 Å². The summed E-state index contributed by atoms with van der Waals surface area (Å²) in [6.07, 6.45) is 0.0498. The summed E-state index contributed by atoms with van der Waals surface area (Å²) in [5, 5.41) is 0. The highest BCUT2D eigenvalue weighted by atomic mass is 16.7. The summed E-state index contributed by atoms with van der Waals surface area (Å²) in [4.78, 5) is 13.3. The fourth-order valence-electron chi connectivity index (χ4n) is 3.56. The largest absolute Gasteiger partial charge is 0.346 e. The highest BCUT2D eigenvalue weighted by Gasteiger charge is 2.23. The summed E-state index contributed by atoms with van der Waals surface area (Å²) in [7, 11) is 0. The van der Waals surface area contributed by atoms with E-state index in [-0.39, 0.29) is 18.0 Å². The molecular formula is C24H22O3. The molecule has 1 aliphatic heterocycles. The van der Waals surface area contributed by atoms with Gasteiger partial charge in [-0.2, -0.15) is 0 Å². The van der Waals surface area contributed by atoms with Gasteiger partial charge in [0.15, 0.2) is 6.29 Å². The minimum Gasteiger partial charge on any atom is -0.346 e. The lowest BCUT2D eigenvalue weighted by Gasteiger charge is -2.18. The monoisotopic (exact) mass is 358 g/mol. The molecule has 0 unspecified atom stereocenters. The molecule has 3 aromatic carbocycles. The van der Waals surface area contributed by atoms with Crippen LogP contribution >= 0.6 is 0 Å². The van der Waals surface area contributed by atoms with Gasteiger partial charge in [-0.1, -0.05) is 84.9 Å². The molecule has 4 rings (SSSR count). The van der Waals surface area contributed by atoms with Gasteiger partial charge >= 0.3 is 0 Å². The summed E-state index contributed by atoms with van der Waals surface area (Å²) < 4.78 is 11.2. The summed E-state index contributed by atoms with van der Waals surface area (Å²) >= 11 is 0. The Morgan fingerprint density at radius 3 is 2.00 bits per heavy atom. The highest BCUT2D eigenvalue weighted by molar-refractivity contribution is 5.90. The molecule has 1 fully saturated rings. The second kappa shape index (κ2) is 8.30. The lowest BCUT2D eigenvalue weighted by Crippen LogP contribution is -2.16. The summed E-state index contributed by atoms with van der Waals surface area (Å²) in [6.45, 7) is 1.22. The van der Waals surface area contributed by atoms with E-state index in [9.17, 15) is 4.79 Å². The molecule has 1 saturated heterocycles. The molecule has 0 saturated carbocycles. The molecule has 3 heteroatoms. The number of carbonyl (C=O) groups excluding carboxylic acids is 1. The molecule has 0 N–H and O–H groups in total. The van der Waals surface area contributed by atoms with E-state index in [1.54, 1.807) is 0 Å². The van der Waals surface area contributed by atoms with E-state index in [1.165, 1.54) is 0 Å². The van der Waals surface area contributed by atoms with Crippen molar-refractivity contribution in [2.24, 2.45) is 0 Å². The van der Waals surface area contributed by atoms with Crippen molar-refractivity contribution in [2.45, 2.75) is 18.6 Å². The van der Waals surface area contributed by atoms with Crippen LogP contribution in [0.3, 0.4) is 0 Å². The van der Waals surface area contributed by atoms with Crippen LogP contribution in [0.15, 0.2) is 84.9 Å². The Hall–Kier alpha value is -2.75. The van der Waals surface area contributed by atoms with Crippen LogP contribution in [0.2, 0.25) is 0 Å². The molecule has 1 heterocycles. The maximum absolute atomic E-state index is 13.3. The number of carbonyl (C=O) groups is 1. The molecule has 136 valence electrons. The Morgan fingerprint density at radius 1 is 0.815 bits per heavy atom. The van der Waals surface area contributed by atoms with Crippen LogP contribution in [0.25, 0.3) is 0 Å². The van der Waals surface area contributed by atoms with Crippen molar-refractivity contribution in [3.05, 3.63) is 107 Å². The first kappa shape index (κ1) is 17.7. The topological polar surface area (TPSA) is 35.5 Å². The van der Waals surface area contributed by atoms with Crippen molar-refractivity contribution in [3.8, 4) is 0 Å². The lowest BCUT2D eigenvalue weighted by molar-refractivity contribution is -0.119. The lowest BCUT2D eigenvalue weighted by atomic mass is 9.85. The van der Waals surface area contributed by atoms with E-state index in [0.717, 1.165) is 22.3 Å². The molecular weight excluding hydrogens is 336 g/mol. The molecule has 0 radical (unpaired) electrons. The SMILES string of the molecule is O=C(Cc1cccc(C2OCCO2)c1)C(c1ccccc1)c1ccccc1. The number of benzene rings is 3. The number of rotatable bonds is 6. The fraction of sp³-hybridized carbons (Fsp3) is 0.208. The van der Waals surface area contributed by atoms with Crippen LogP contribution in [0.1, 0.15) is 34.5 Å². The Balaban J connectivity index is 1.60. The van der Waals surface area contributed by atoms with Gasteiger partial charge < -0.3 is 9.47 Å². The Kier molecular flexibility index (Phi) is 5.42. The average Bonchev–Trinajstić information content (AvgIpc) is 3.25. The number of Topliss-reactive ketones (excluding diaryl/α,β-unsaturated/α-hetero) is 1. The molecule has 0 aromatic heterocycles. The predicted octanol–water partition coefficient (Wildman–Crippen LogP) is 4.68. The quantitative estimate of drug-likeness (QED) is 0.642. The molecule has 3 aromatic rings. The molecule has 0 aliphatic carbocycles. The molecule has 3 nitrogen and oxygen atoms in total. The maximum atomic E-state index is 13.3. The first-order valence-electron chi connectivity index (χ1n) is 9.26. The smallest absolute Gasteiger partial charge is 0.184 e. The third-order valence-corrected chi connectivity index (χ3v) is 4.81. The Morgan fingerprint density at radius 2 is 1.41 bits per heavy atom. The van der Waals surface area contributed by atoms with Gasteiger partial charge in [0.2, 0.25) is 0 Å². The zero-order valence-corrected chi connectivity index (χ0v) is 15.1. The van der Waals surface area contributed by atoms with Crippen molar-refractivity contribution in [1.82, 2.24) is 0 Å². The van der Waals surface area contributed by atoms with Gasteiger partial charge in [-0.3, -0.25) is 4.79 Å². The number of hydrogen-bond donors (Lipinski definition) is 0. The zero-order chi connectivity index (χ0) is 18.5. The van der Waals surface area contributed by atoms with Gasteiger partial charge in [-0.15, -0.1) is 0 Å². The van der Waals surface area contributed by atoms with E-state index in [0.29, 0.717) is 19.6 Å². The minimum atomic E-state index is -0.320. The molecule has 0 amide bonds. The van der Waals surface area contributed by atoms with Crippen LogP contribution in [0.4, 0.5) is 0 Å². The third-order valence-electron chi connectivity index (χ3n) is 4.81. The average molecular weight is 358 g/mol.